The first-order chi connectivity index (χ1) is 7.67. The van der Waals surface area contributed by atoms with Crippen LogP contribution in [0.1, 0.15) is 38.9 Å². The van der Waals surface area contributed by atoms with Gasteiger partial charge in [-0.1, -0.05) is 22.9 Å². The van der Waals surface area contributed by atoms with Gasteiger partial charge in [-0.25, -0.2) is 0 Å². The van der Waals surface area contributed by atoms with E-state index in [-0.39, 0.29) is 0 Å². The van der Waals surface area contributed by atoms with Gasteiger partial charge < -0.3 is 0 Å². The monoisotopic (exact) mass is 287 g/mol. The summed E-state index contributed by atoms with van der Waals surface area (Å²) in [4.78, 5) is 2.42. The second-order valence-electron chi connectivity index (χ2n) is 4.29. The standard InChI is InChI=1S/C12H22BrN3/c1-4-15(8-5-7-13)10-12-6-9-16(14-12)11(2)3/h6,9,11H,4-5,7-8,10H2,1-3H3. The van der Waals surface area contributed by atoms with Crippen molar-refractivity contribution in [2.45, 2.75) is 39.8 Å². The van der Waals surface area contributed by atoms with Crippen LogP contribution in [-0.4, -0.2) is 33.1 Å². The molecule has 0 saturated heterocycles. The van der Waals surface area contributed by atoms with Crippen molar-refractivity contribution in [2.24, 2.45) is 0 Å². The number of hydrogen-bond donors (Lipinski definition) is 0. The molecule has 0 aromatic carbocycles. The van der Waals surface area contributed by atoms with Crippen molar-refractivity contribution in [3.8, 4) is 0 Å². The van der Waals surface area contributed by atoms with E-state index in [0.717, 1.165) is 25.0 Å². The second-order valence-corrected chi connectivity index (χ2v) is 5.09. The minimum Gasteiger partial charge on any atom is -0.298 e. The van der Waals surface area contributed by atoms with E-state index in [4.69, 9.17) is 0 Å². The van der Waals surface area contributed by atoms with E-state index in [0.29, 0.717) is 6.04 Å². The Morgan fingerprint density at radius 1 is 1.50 bits per heavy atom. The van der Waals surface area contributed by atoms with Gasteiger partial charge in [-0.05, 0) is 39.4 Å². The fraction of sp³-hybridized carbons (Fsp3) is 0.750. The van der Waals surface area contributed by atoms with Crippen LogP contribution >= 0.6 is 15.9 Å². The quantitative estimate of drug-likeness (QED) is 0.719. The molecule has 0 atom stereocenters. The highest BCUT2D eigenvalue weighted by molar-refractivity contribution is 9.09. The zero-order chi connectivity index (χ0) is 12.0. The van der Waals surface area contributed by atoms with Gasteiger partial charge in [-0.2, -0.15) is 5.10 Å². The van der Waals surface area contributed by atoms with E-state index in [9.17, 15) is 0 Å². The first-order valence-electron chi connectivity index (χ1n) is 5.99. The van der Waals surface area contributed by atoms with Crippen LogP contribution in [0.4, 0.5) is 0 Å². The van der Waals surface area contributed by atoms with Crippen LogP contribution in [0, 0.1) is 0 Å². The average Bonchev–Trinajstić information content (AvgIpc) is 2.72. The van der Waals surface area contributed by atoms with E-state index in [2.05, 4.69) is 59.0 Å². The van der Waals surface area contributed by atoms with Crippen molar-refractivity contribution >= 4 is 15.9 Å². The Balaban J connectivity index is 2.49. The van der Waals surface area contributed by atoms with Crippen molar-refractivity contribution in [3.63, 3.8) is 0 Å². The Bertz CT molecular complexity index is 296. The molecule has 0 bridgehead atoms. The number of aromatic nitrogens is 2. The zero-order valence-corrected chi connectivity index (χ0v) is 12.1. The summed E-state index contributed by atoms with van der Waals surface area (Å²) in [6.45, 7) is 9.69. The molecule has 0 saturated carbocycles. The maximum Gasteiger partial charge on any atom is 0.0764 e. The SMILES string of the molecule is CCN(CCCBr)Cc1ccn(C(C)C)n1. The molecule has 0 unspecified atom stereocenters. The van der Waals surface area contributed by atoms with Crippen molar-refractivity contribution < 1.29 is 0 Å². The van der Waals surface area contributed by atoms with Crippen LogP contribution in [0.5, 0.6) is 0 Å². The van der Waals surface area contributed by atoms with Crippen molar-refractivity contribution in [2.75, 3.05) is 18.4 Å². The molecule has 1 aromatic heterocycles. The highest BCUT2D eigenvalue weighted by Crippen LogP contribution is 2.07. The van der Waals surface area contributed by atoms with Crippen LogP contribution in [-0.2, 0) is 6.54 Å². The van der Waals surface area contributed by atoms with Crippen LogP contribution < -0.4 is 0 Å². The number of alkyl halides is 1. The molecule has 0 aliphatic rings. The van der Waals surface area contributed by atoms with Gasteiger partial charge >= 0.3 is 0 Å². The normalized spacial score (nSPS) is 11.6. The topological polar surface area (TPSA) is 21.1 Å². The number of rotatable bonds is 7. The third-order valence-corrected chi connectivity index (χ3v) is 3.19. The lowest BCUT2D eigenvalue weighted by Crippen LogP contribution is -2.24. The average molecular weight is 288 g/mol. The molecule has 1 heterocycles. The zero-order valence-electron chi connectivity index (χ0n) is 10.5. The molecule has 0 fully saturated rings. The fourth-order valence-electron chi connectivity index (χ4n) is 1.61. The summed E-state index contributed by atoms with van der Waals surface area (Å²) in [5.74, 6) is 0. The van der Waals surface area contributed by atoms with Gasteiger partial charge in [-0.3, -0.25) is 9.58 Å². The van der Waals surface area contributed by atoms with Gasteiger partial charge in [0, 0.05) is 24.1 Å². The van der Waals surface area contributed by atoms with Gasteiger partial charge in [0.25, 0.3) is 0 Å². The molecule has 0 aliphatic heterocycles. The van der Waals surface area contributed by atoms with Gasteiger partial charge in [-0.15, -0.1) is 0 Å². The molecular weight excluding hydrogens is 266 g/mol. The van der Waals surface area contributed by atoms with Gasteiger partial charge in [0.05, 0.1) is 5.69 Å². The lowest BCUT2D eigenvalue weighted by molar-refractivity contribution is 0.277. The third-order valence-electron chi connectivity index (χ3n) is 2.63. The summed E-state index contributed by atoms with van der Waals surface area (Å²) >= 11 is 3.47. The number of halogens is 1. The third kappa shape index (κ3) is 4.26. The largest absolute Gasteiger partial charge is 0.298 e. The number of nitrogens with zero attached hydrogens (tertiary/aromatic N) is 3. The van der Waals surface area contributed by atoms with Gasteiger partial charge in [0.15, 0.2) is 0 Å². The van der Waals surface area contributed by atoms with E-state index < -0.39 is 0 Å². The molecule has 3 nitrogen and oxygen atoms in total. The lowest BCUT2D eigenvalue weighted by Gasteiger charge is -2.18. The highest BCUT2D eigenvalue weighted by Gasteiger charge is 2.06. The van der Waals surface area contributed by atoms with Crippen LogP contribution in [0.25, 0.3) is 0 Å². The first-order valence-corrected chi connectivity index (χ1v) is 7.11. The molecule has 0 spiro atoms. The summed E-state index contributed by atoms with van der Waals surface area (Å²) in [5.41, 5.74) is 1.17. The van der Waals surface area contributed by atoms with E-state index >= 15 is 0 Å². The van der Waals surface area contributed by atoms with E-state index in [1.807, 2.05) is 4.68 Å². The van der Waals surface area contributed by atoms with Crippen LogP contribution in [0.15, 0.2) is 12.3 Å². The van der Waals surface area contributed by atoms with Crippen molar-refractivity contribution in [3.05, 3.63) is 18.0 Å². The molecule has 0 N–H and O–H groups in total. The van der Waals surface area contributed by atoms with E-state index in [1.165, 1.54) is 12.1 Å². The summed E-state index contributed by atoms with van der Waals surface area (Å²) < 4.78 is 2.02. The minimum atomic E-state index is 0.450. The Hall–Kier alpha value is -0.350. The summed E-state index contributed by atoms with van der Waals surface area (Å²) in [6, 6.07) is 2.57. The molecule has 4 heteroatoms. The summed E-state index contributed by atoms with van der Waals surface area (Å²) in [6.07, 6.45) is 3.26. The predicted molar refractivity (Wildman–Crippen MR) is 72.0 cm³/mol. The molecule has 92 valence electrons. The Morgan fingerprint density at radius 3 is 2.75 bits per heavy atom. The smallest absolute Gasteiger partial charge is 0.0764 e. The fourth-order valence-corrected chi connectivity index (χ4v) is 1.86. The van der Waals surface area contributed by atoms with E-state index in [1.54, 1.807) is 0 Å². The lowest BCUT2D eigenvalue weighted by atomic mass is 10.3. The number of hydrogen-bond acceptors (Lipinski definition) is 2. The van der Waals surface area contributed by atoms with Crippen molar-refractivity contribution in [1.82, 2.24) is 14.7 Å². The molecule has 0 radical (unpaired) electrons. The van der Waals surface area contributed by atoms with Gasteiger partial charge in [0.1, 0.15) is 0 Å². The predicted octanol–water partition coefficient (Wildman–Crippen LogP) is 3.07. The molecule has 1 rings (SSSR count). The van der Waals surface area contributed by atoms with Crippen LogP contribution in [0.3, 0.4) is 0 Å². The van der Waals surface area contributed by atoms with Crippen LogP contribution in [0.2, 0.25) is 0 Å². The van der Waals surface area contributed by atoms with Gasteiger partial charge in [0.2, 0.25) is 0 Å². The maximum absolute atomic E-state index is 4.57. The molecule has 0 amide bonds. The molecule has 16 heavy (non-hydrogen) atoms. The Kier molecular flexibility index (Phi) is 6.06. The minimum absolute atomic E-state index is 0.450. The first kappa shape index (κ1) is 13.7. The maximum atomic E-state index is 4.57. The van der Waals surface area contributed by atoms with Crippen molar-refractivity contribution in [1.29, 1.82) is 0 Å². The second kappa shape index (κ2) is 7.07. The molecular formula is C12H22BrN3. The Morgan fingerprint density at radius 2 is 2.25 bits per heavy atom. The molecule has 1 aromatic rings. The summed E-state index contributed by atoms with van der Waals surface area (Å²) in [5, 5.41) is 5.64. The molecule has 0 aliphatic carbocycles. The summed E-state index contributed by atoms with van der Waals surface area (Å²) in [7, 11) is 0. The Labute approximate surface area is 107 Å². The highest BCUT2D eigenvalue weighted by atomic mass is 79.9.